The molecule has 104 valence electrons. The summed E-state index contributed by atoms with van der Waals surface area (Å²) in [6, 6.07) is 5.55. The highest BCUT2D eigenvalue weighted by Gasteiger charge is 2.20. The summed E-state index contributed by atoms with van der Waals surface area (Å²) in [5.74, 6) is -0.0714. The minimum Gasteiger partial charge on any atom is -0.324 e. The Balaban J connectivity index is 1.95. The van der Waals surface area contributed by atoms with Crippen molar-refractivity contribution in [1.82, 2.24) is 10.2 Å². The summed E-state index contributed by atoms with van der Waals surface area (Å²) in [4.78, 5) is 14.2. The number of hydrogen-bond donors (Lipinski definition) is 2. The average molecular weight is 302 g/mol. The monoisotopic (exact) mass is 301 g/mol. The smallest absolute Gasteiger partial charge is 0.238 e. The largest absolute Gasteiger partial charge is 0.324 e. The summed E-state index contributed by atoms with van der Waals surface area (Å²) in [5.41, 5.74) is 0.557. The zero-order valence-electron chi connectivity index (χ0n) is 10.7. The molecule has 0 bridgehead atoms. The van der Waals surface area contributed by atoms with E-state index in [1.807, 2.05) is 0 Å². The average Bonchev–Trinajstić information content (AvgIpc) is 2.38. The van der Waals surface area contributed by atoms with E-state index in [4.69, 9.17) is 23.2 Å². The van der Waals surface area contributed by atoms with Crippen LogP contribution in [-0.4, -0.2) is 43.0 Å². The van der Waals surface area contributed by atoms with E-state index in [-0.39, 0.29) is 5.91 Å². The number of hydrogen-bond acceptors (Lipinski definition) is 3. The summed E-state index contributed by atoms with van der Waals surface area (Å²) in [7, 11) is 0. The van der Waals surface area contributed by atoms with Crippen molar-refractivity contribution >= 4 is 34.8 Å². The summed E-state index contributed by atoms with van der Waals surface area (Å²) >= 11 is 11.9. The first kappa shape index (κ1) is 14.6. The molecule has 2 rings (SSSR count). The van der Waals surface area contributed by atoms with Crippen molar-refractivity contribution in [3.05, 3.63) is 28.2 Å². The highest BCUT2D eigenvalue weighted by atomic mass is 35.5. The maximum absolute atomic E-state index is 12.0. The molecule has 0 saturated carbocycles. The molecule has 1 fully saturated rings. The van der Waals surface area contributed by atoms with Gasteiger partial charge in [0.1, 0.15) is 0 Å². The highest BCUT2D eigenvalue weighted by Crippen LogP contribution is 2.29. The van der Waals surface area contributed by atoms with Crippen LogP contribution in [0.2, 0.25) is 10.0 Å². The van der Waals surface area contributed by atoms with Gasteiger partial charge < -0.3 is 10.6 Å². The lowest BCUT2D eigenvalue weighted by Gasteiger charge is -2.33. The molecule has 1 heterocycles. The van der Waals surface area contributed by atoms with Crippen molar-refractivity contribution in [2.45, 2.75) is 13.0 Å². The Morgan fingerprint density at radius 2 is 2.32 bits per heavy atom. The second-order valence-corrected chi connectivity index (χ2v) is 5.46. The number of benzene rings is 1. The fraction of sp³-hybridized carbons (Fsp3) is 0.462. The molecule has 0 aromatic heterocycles. The number of piperazine rings is 1. The molecule has 0 aliphatic carbocycles. The van der Waals surface area contributed by atoms with Crippen LogP contribution >= 0.6 is 23.2 Å². The highest BCUT2D eigenvalue weighted by molar-refractivity contribution is 6.43. The Kier molecular flexibility index (Phi) is 5.05. The van der Waals surface area contributed by atoms with Gasteiger partial charge in [0, 0.05) is 25.7 Å². The van der Waals surface area contributed by atoms with Crippen LogP contribution in [0.25, 0.3) is 0 Å². The van der Waals surface area contributed by atoms with E-state index in [0.29, 0.717) is 28.3 Å². The number of amides is 1. The van der Waals surface area contributed by atoms with Crippen LogP contribution in [0.3, 0.4) is 0 Å². The molecular formula is C13H17Cl2N3O. The Morgan fingerprint density at radius 1 is 1.53 bits per heavy atom. The zero-order valence-corrected chi connectivity index (χ0v) is 12.3. The van der Waals surface area contributed by atoms with Crippen LogP contribution in [0.4, 0.5) is 5.69 Å². The van der Waals surface area contributed by atoms with Gasteiger partial charge in [-0.25, -0.2) is 0 Å². The summed E-state index contributed by atoms with van der Waals surface area (Å²) in [5, 5.41) is 6.91. The number of carbonyl (C=O) groups is 1. The third-order valence-electron chi connectivity index (χ3n) is 3.21. The van der Waals surface area contributed by atoms with Gasteiger partial charge in [-0.1, -0.05) is 29.3 Å². The van der Waals surface area contributed by atoms with Crippen molar-refractivity contribution < 1.29 is 4.79 Å². The normalized spacial score (nSPS) is 20.3. The van der Waals surface area contributed by atoms with E-state index in [2.05, 4.69) is 22.5 Å². The number of halogens is 2. The molecule has 1 saturated heterocycles. The van der Waals surface area contributed by atoms with Gasteiger partial charge in [0.25, 0.3) is 0 Å². The second-order valence-electron chi connectivity index (χ2n) is 4.67. The molecule has 1 unspecified atom stereocenters. The first-order chi connectivity index (χ1) is 9.08. The number of nitrogens with zero attached hydrogens (tertiary/aromatic N) is 1. The van der Waals surface area contributed by atoms with Crippen LogP contribution in [-0.2, 0) is 4.79 Å². The molecule has 1 amide bonds. The van der Waals surface area contributed by atoms with Gasteiger partial charge in [-0.15, -0.1) is 0 Å². The minimum absolute atomic E-state index is 0.0714. The molecule has 19 heavy (non-hydrogen) atoms. The molecule has 0 spiro atoms. The molecule has 6 heteroatoms. The molecule has 0 radical (unpaired) electrons. The molecular weight excluding hydrogens is 285 g/mol. The predicted molar refractivity (Wildman–Crippen MR) is 79.0 cm³/mol. The van der Waals surface area contributed by atoms with E-state index in [1.54, 1.807) is 18.2 Å². The molecule has 1 aromatic carbocycles. The van der Waals surface area contributed by atoms with E-state index >= 15 is 0 Å². The van der Waals surface area contributed by atoms with Crippen molar-refractivity contribution in [3.63, 3.8) is 0 Å². The third-order valence-corrected chi connectivity index (χ3v) is 4.03. The van der Waals surface area contributed by atoms with Crippen LogP contribution in [0.1, 0.15) is 6.92 Å². The Labute approximate surface area is 123 Å². The van der Waals surface area contributed by atoms with E-state index in [9.17, 15) is 4.79 Å². The van der Waals surface area contributed by atoms with Crippen LogP contribution < -0.4 is 10.6 Å². The van der Waals surface area contributed by atoms with Gasteiger partial charge in [0.05, 0.1) is 22.3 Å². The Morgan fingerprint density at radius 3 is 3.05 bits per heavy atom. The lowest BCUT2D eigenvalue weighted by atomic mass is 10.2. The van der Waals surface area contributed by atoms with Gasteiger partial charge in [0.2, 0.25) is 5.91 Å². The summed E-state index contributed by atoms with van der Waals surface area (Å²) < 4.78 is 0. The molecule has 1 atom stereocenters. The van der Waals surface area contributed by atoms with Crippen molar-refractivity contribution in [2.75, 3.05) is 31.5 Å². The number of nitrogens with one attached hydrogen (secondary N) is 2. The third kappa shape index (κ3) is 3.83. The molecule has 1 aliphatic heterocycles. The fourth-order valence-corrected chi connectivity index (χ4v) is 2.44. The number of anilines is 1. The van der Waals surface area contributed by atoms with Crippen LogP contribution in [0.15, 0.2) is 18.2 Å². The SMILES string of the molecule is CC1CNCCN1CC(=O)Nc1cccc(Cl)c1Cl. The molecule has 1 aliphatic rings. The quantitative estimate of drug-likeness (QED) is 0.900. The maximum atomic E-state index is 12.0. The topological polar surface area (TPSA) is 44.4 Å². The van der Waals surface area contributed by atoms with Crippen molar-refractivity contribution in [3.8, 4) is 0 Å². The number of carbonyl (C=O) groups excluding carboxylic acids is 1. The van der Waals surface area contributed by atoms with Crippen LogP contribution in [0.5, 0.6) is 0 Å². The van der Waals surface area contributed by atoms with E-state index in [1.165, 1.54) is 0 Å². The Hall–Kier alpha value is -0.810. The van der Waals surface area contributed by atoms with Gasteiger partial charge >= 0.3 is 0 Å². The lowest BCUT2D eigenvalue weighted by Crippen LogP contribution is -2.51. The molecule has 4 nitrogen and oxygen atoms in total. The number of rotatable bonds is 3. The predicted octanol–water partition coefficient (Wildman–Crippen LogP) is 2.23. The second kappa shape index (κ2) is 6.57. The first-order valence-corrected chi connectivity index (χ1v) is 7.02. The lowest BCUT2D eigenvalue weighted by molar-refractivity contribution is -0.118. The molecule has 2 N–H and O–H groups in total. The van der Waals surface area contributed by atoms with Crippen LogP contribution in [0, 0.1) is 0 Å². The first-order valence-electron chi connectivity index (χ1n) is 6.26. The van der Waals surface area contributed by atoms with Crippen molar-refractivity contribution in [1.29, 1.82) is 0 Å². The fourth-order valence-electron chi connectivity index (χ4n) is 2.09. The van der Waals surface area contributed by atoms with Crippen molar-refractivity contribution in [2.24, 2.45) is 0 Å². The standard InChI is InChI=1S/C13H17Cl2N3O/c1-9-7-16-5-6-18(9)8-12(19)17-11-4-2-3-10(14)13(11)15/h2-4,9,16H,5-8H2,1H3,(H,17,19). The van der Waals surface area contributed by atoms with Gasteiger partial charge in [-0.3, -0.25) is 9.69 Å². The molecule has 1 aromatic rings. The summed E-state index contributed by atoms with van der Waals surface area (Å²) in [6.07, 6.45) is 0. The van der Waals surface area contributed by atoms with Gasteiger partial charge in [-0.05, 0) is 19.1 Å². The Bertz CT molecular complexity index is 467. The van der Waals surface area contributed by atoms with E-state index < -0.39 is 0 Å². The zero-order chi connectivity index (χ0) is 13.8. The van der Waals surface area contributed by atoms with Gasteiger partial charge in [0.15, 0.2) is 0 Å². The summed E-state index contributed by atoms with van der Waals surface area (Å²) in [6.45, 7) is 5.16. The maximum Gasteiger partial charge on any atom is 0.238 e. The van der Waals surface area contributed by atoms with Gasteiger partial charge in [-0.2, -0.15) is 0 Å². The minimum atomic E-state index is -0.0714. The van der Waals surface area contributed by atoms with E-state index in [0.717, 1.165) is 19.6 Å².